The Morgan fingerprint density at radius 3 is 3.00 bits per heavy atom. The SMILES string of the molecule is C=CCSc1ccccc1NC1CSCC(C)(C)C1. The van der Waals surface area contributed by atoms with E-state index in [1.54, 1.807) is 0 Å². The second kappa shape index (κ2) is 6.76. The minimum absolute atomic E-state index is 0.448. The molecule has 1 aliphatic heterocycles. The van der Waals surface area contributed by atoms with Crippen LogP contribution in [0.4, 0.5) is 5.69 Å². The van der Waals surface area contributed by atoms with Crippen molar-refractivity contribution in [2.24, 2.45) is 5.41 Å². The smallest absolute Gasteiger partial charge is 0.0480 e. The van der Waals surface area contributed by atoms with E-state index >= 15 is 0 Å². The van der Waals surface area contributed by atoms with Crippen molar-refractivity contribution in [1.82, 2.24) is 0 Å². The maximum atomic E-state index is 3.80. The van der Waals surface area contributed by atoms with Crippen molar-refractivity contribution in [3.63, 3.8) is 0 Å². The van der Waals surface area contributed by atoms with Crippen LogP contribution in [0.5, 0.6) is 0 Å². The molecule has 104 valence electrons. The number of thioether (sulfide) groups is 2. The molecule has 2 rings (SSSR count). The summed E-state index contributed by atoms with van der Waals surface area (Å²) >= 11 is 3.92. The fourth-order valence-electron chi connectivity index (χ4n) is 2.44. The molecule has 1 fully saturated rings. The molecule has 1 saturated heterocycles. The predicted molar refractivity (Wildman–Crippen MR) is 90.5 cm³/mol. The largest absolute Gasteiger partial charge is 0.381 e. The van der Waals surface area contributed by atoms with Gasteiger partial charge in [0.15, 0.2) is 0 Å². The molecule has 0 spiro atoms. The number of nitrogens with one attached hydrogen (secondary N) is 1. The zero-order valence-electron chi connectivity index (χ0n) is 11.8. The average molecular weight is 294 g/mol. The van der Waals surface area contributed by atoms with Crippen molar-refractivity contribution >= 4 is 29.2 Å². The number of para-hydroxylation sites is 1. The Labute approximate surface area is 125 Å². The van der Waals surface area contributed by atoms with E-state index in [4.69, 9.17) is 0 Å². The van der Waals surface area contributed by atoms with Gasteiger partial charge in [-0.2, -0.15) is 11.8 Å². The van der Waals surface area contributed by atoms with Gasteiger partial charge in [0.1, 0.15) is 0 Å². The van der Waals surface area contributed by atoms with Gasteiger partial charge in [-0.05, 0) is 29.7 Å². The summed E-state index contributed by atoms with van der Waals surface area (Å²) in [5.74, 6) is 3.45. The quantitative estimate of drug-likeness (QED) is 0.612. The highest BCUT2D eigenvalue weighted by atomic mass is 32.2. The second-order valence-corrected chi connectivity index (χ2v) is 7.91. The molecule has 0 bridgehead atoms. The summed E-state index contributed by atoms with van der Waals surface area (Å²) < 4.78 is 0. The third-order valence-electron chi connectivity index (χ3n) is 3.21. The van der Waals surface area contributed by atoms with E-state index in [0.29, 0.717) is 11.5 Å². The van der Waals surface area contributed by atoms with Crippen LogP contribution in [0.25, 0.3) is 0 Å². The first kappa shape index (κ1) is 14.9. The molecule has 3 heteroatoms. The van der Waals surface area contributed by atoms with Crippen LogP contribution >= 0.6 is 23.5 Å². The molecule has 1 aromatic rings. The van der Waals surface area contributed by atoms with Gasteiger partial charge in [0, 0.05) is 28.1 Å². The van der Waals surface area contributed by atoms with Gasteiger partial charge in [0.25, 0.3) is 0 Å². The maximum Gasteiger partial charge on any atom is 0.0480 e. The third-order valence-corrected chi connectivity index (χ3v) is 5.91. The highest BCUT2D eigenvalue weighted by molar-refractivity contribution is 7.99. The highest BCUT2D eigenvalue weighted by Crippen LogP contribution is 2.36. The lowest BCUT2D eigenvalue weighted by Crippen LogP contribution is -2.35. The first-order valence-corrected chi connectivity index (χ1v) is 8.92. The minimum Gasteiger partial charge on any atom is -0.381 e. The van der Waals surface area contributed by atoms with Crippen LogP contribution in [-0.2, 0) is 0 Å². The summed E-state index contributed by atoms with van der Waals surface area (Å²) in [6.45, 7) is 8.53. The Morgan fingerprint density at radius 2 is 2.26 bits per heavy atom. The molecule has 0 radical (unpaired) electrons. The van der Waals surface area contributed by atoms with Crippen molar-refractivity contribution in [3.8, 4) is 0 Å². The summed E-state index contributed by atoms with van der Waals surface area (Å²) in [6, 6.07) is 9.19. The first-order chi connectivity index (χ1) is 9.11. The molecule has 19 heavy (non-hydrogen) atoms. The third kappa shape index (κ3) is 4.50. The summed E-state index contributed by atoms with van der Waals surface area (Å²) in [4.78, 5) is 1.33. The predicted octanol–water partition coefficient (Wildman–Crippen LogP) is 4.91. The summed E-state index contributed by atoms with van der Waals surface area (Å²) in [5.41, 5.74) is 1.72. The molecule has 1 heterocycles. The Kier molecular flexibility index (Phi) is 5.28. The van der Waals surface area contributed by atoms with Gasteiger partial charge < -0.3 is 5.32 Å². The molecule has 1 N–H and O–H groups in total. The van der Waals surface area contributed by atoms with Crippen molar-refractivity contribution in [1.29, 1.82) is 0 Å². The van der Waals surface area contributed by atoms with Crippen molar-refractivity contribution in [3.05, 3.63) is 36.9 Å². The monoisotopic (exact) mass is 293 g/mol. The van der Waals surface area contributed by atoms with Crippen molar-refractivity contribution < 1.29 is 0 Å². The number of benzene rings is 1. The zero-order chi connectivity index (χ0) is 13.7. The number of rotatable bonds is 5. The van der Waals surface area contributed by atoms with Crippen LogP contribution < -0.4 is 5.32 Å². The molecule has 1 atom stereocenters. The second-order valence-electron chi connectivity index (χ2n) is 5.82. The topological polar surface area (TPSA) is 12.0 Å². The van der Waals surface area contributed by atoms with Gasteiger partial charge in [-0.3, -0.25) is 0 Å². The number of hydrogen-bond donors (Lipinski definition) is 1. The summed E-state index contributed by atoms with van der Waals surface area (Å²) in [6.07, 6.45) is 3.21. The minimum atomic E-state index is 0.448. The molecule has 0 aliphatic carbocycles. The molecule has 1 nitrogen and oxygen atoms in total. The Balaban J connectivity index is 2.03. The van der Waals surface area contributed by atoms with Crippen LogP contribution in [0.15, 0.2) is 41.8 Å². The molecule has 1 aromatic carbocycles. The lowest BCUT2D eigenvalue weighted by atomic mass is 9.88. The maximum absolute atomic E-state index is 3.80. The normalized spacial score (nSPS) is 21.9. The van der Waals surface area contributed by atoms with E-state index in [2.05, 4.69) is 61.8 Å². The molecular formula is C16H23NS2. The Hall–Kier alpha value is -0.540. The molecule has 0 amide bonds. The van der Waals surface area contributed by atoms with Gasteiger partial charge >= 0.3 is 0 Å². The van der Waals surface area contributed by atoms with Crippen LogP contribution in [0, 0.1) is 5.41 Å². The summed E-state index contributed by atoms with van der Waals surface area (Å²) in [7, 11) is 0. The van der Waals surface area contributed by atoms with Gasteiger partial charge in [-0.15, -0.1) is 18.3 Å². The van der Waals surface area contributed by atoms with Crippen LogP contribution in [0.1, 0.15) is 20.3 Å². The lowest BCUT2D eigenvalue weighted by Gasteiger charge is -2.35. The van der Waals surface area contributed by atoms with Crippen LogP contribution in [0.2, 0.25) is 0 Å². The van der Waals surface area contributed by atoms with E-state index in [1.807, 2.05) is 17.8 Å². The number of anilines is 1. The molecule has 0 aromatic heterocycles. The van der Waals surface area contributed by atoms with Crippen molar-refractivity contribution in [2.75, 3.05) is 22.6 Å². The first-order valence-electron chi connectivity index (χ1n) is 6.78. The zero-order valence-corrected chi connectivity index (χ0v) is 13.4. The standard InChI is InChI=1S/C16H23NS2/c1-4-9-19-15-8-6-5-7-14(15)17-13-10-16(2,3)12-18-11-13/h4-8,13,17H,1,9-12H2,2-3H3. The van der Waals surface area contributed by atoms with E-state index in [0.717, 1.165) is 5.75 Å². The van der Waals surface area contributed by atoms with E-state index in [-0.39, 0.29) is 0 Å². The fraction of sp³-hybridized carbons (Fsp3) is 0.500. The fourth-order valence-corrected chi connectivity index (χ4v) is 4.46. The highest BCUT2D eigenvalue weighted by Gasteiger charge is 2.28. The Morgan fingerprint density at radius 1 is 1.47 bits per heavy atom. The molecule has 1 aliphatic rings. The molecular weight excluding hydrogens is 270 g/mol. The van der Waals surface area contributed by atoms with E-state index in [1.165, 1.54) is 28.5 Å². The molecule has 0 saturated carbocycles. The lowest BCUT2D eigenvalue weighted by molar-refractivity contribution is 0.358. The van der Waals surface area contributed by atoms with E-state index < -0.39 is 0 Å². The van der Waals surface area contributed by atoms with Gasteiger partial charge in [-0.25, -0.2) is 0 Å². The Bertz CT molecular complexity index is 429. The van der Waals surface area contributed by atoms with Crippen LogP contribution in [-0.4, -0.2) is 23.3 Å². The van der Waals surface area contributed by atoms with Gasteiger partial charge in [0.05, 0.1) is 0 Å². The summed E-state index contributed by atoms with van der Waals surface area (Å²) in [5, 5.41) is 3.74. The van der Waals surface area contributed by atoms with Gasteiger partial charge in [-0.1, -0.05) is 32.1 Å². The molecule has 1 unspecified atom stereocenters. The van der Waals surface area contributed by atoms with Crippen LogP contribution in [0.3, 0.4) is 0 Å². The number of hydrogen-bond acceptors (Lipinski definition) is 3. The average Bonchev–Trinajstić information content (AvgIpc) is 2.36. The van der Waals surface area contributed by atoms with Gasteiger partial charge in [0.2, 0.25) is 0 Å². The van der Waals surface area contributed by atoms with Crippen molar-refractivity contribution in [2.45, 2.75) is 31.2 Å². The van der Waals surface area contributed by atoms with E-state index in [9.17, 15) is 0 Å².